The van der Waals surface area contributed by atoms with Crippen LogP contribution in [-0.4, -0.2) is 32.7 Å². The van der Waals surface area contributed by atoms with E-state index in [2.05, 4.69) is 48.5 Å². The first-order valence-corrected chi connectivity index (χ1v) is 7.87. The van der Waals surface area contributed by atoms with Gasteiger partial charge < -0.3 is 15.4 Å². The van der Waals surface area contributed by atoms with Gasteiger partial charge in [-0.25, -0.2) is 0 Å². The van der Waals surface area contributed by atoms with Gasteiger partial charge in [-0.2, -0.15) is 0 Å². The average Bonchev–Trinajstić information content (AvgIpc) is 2.48. The molecule has 0 aromatic heterocycles. The molecule has 118 valence electrons. The van der Waals surface area contributed by atoms with Crippen molar-refractivity contribution in [1.29, 1.82) is 0 Å². The Balaban J connectivity index is 2.53. The molecule has 0 bridgehead atoms. The zero-order valence-corrected chi connectivity index (χ0v) is 13.8. The van der Waals surface area contributed by atoms with E-state index in [-0.39, 0.29) is 0 Å². The summed E-state index contributed by atoms with van der Waals surface area (Å²) in [5, 5.41) is 6.66. The minimum Gasteiger partial charge on any atom is -0.496 e. The number of aryl methyl sites for hydroxylation is 1. The van der Waals surface area contributed by atoms with Gasteiger partial charge >= 0.3 is 0 Å². The molecule has 0 radical (unpaired) electrons. The average molecular weight is 291 g/mol. The molecule has 0 spiro atoms. The summed E-state index contributed by atoms with van der Waals surface area (Å²) in [4.78, 5) is 4.56. The van der Waals surface area contributed by atoms with Gasteiger partial charge in [0.25, 0.3) is 0 Å². The minimum atomic E-state index is 0.845. The van der Waals surface area contributed by atoms with Crippen molar-refractivity contribution in [3.8, 4) is 5.75 Å². The van der Waals surface area contributed by atoms with Crippen molar-refractivity contribution in [2.75, 3.05) is 26.7 Å². The van der Waals surface area contributed by atoms with Crippen LogP contribution in [-0.2, 0) is 6.42 Å². The third kappa shape index (κ3) is 6.52. The van der Waals surface area contributed by atoms with E-state index in [0.717, 1.165) is 44.2 Å². The van der Waals surface area contributed by atoms with E-state index in [1.54, 1.807) is 7.11 Å². The lowest BCUT2D eigenvalue weighted by Gasteiger charge is -2.13. The maximum atomic E-state index is 5.41. The number of aliphatic imine (C=N–C) groups is 1. The predicted molar refractivity (Wildman–Crippen MR) is 90.3 cm³/mol. The van der Waals surface area contributed by atoms with Gasteiger partial charge in [-0.1, -0.05) is 31.0 Å². The predicted octanol–water partition coefficient (Wildman–Crippen LogP) is 2.90. The van der Waals surface area contributed by atoms with Crippen molar-refractivity contribution in [3.05, 3.63) is 29.3 Å². The highest BCUT2D eigenvalue weighted by atomic mass is 16.5. The molecule has 0 aliphatic rings. The zero-order valence-electron chi connectivity index (χ0n) is 13.8. The SMILES string of the molecule is CCCCN=C(NCC)NCCc1cc(C)ccc1OC. The van der Waals surface area contributed by atoms with E-state index in [4.69, 9.17) is 4.74 Å². The van der Waals surface area contributed by atoms with Gasteiger partial charge in [0.15, 0.2) is 5.96 Å². The Morgan fingerprint density at radius 1 is 1.24 bits per heavy atom. The van der Waals surface area contributed by atoms with Gasteiger partial charge in [0.1, 0.15) is 5.75 Å². The molecule has 0 saturated heterocycles. The highest BCUT2D eigenvalue weighted by Gasteiger charge is 2.04. The van der Waals surface area contributed by atoms with E-state index >= 15 is 0 Å². The fraction of sp³-hybridized carbons (Fsp3) is 0.588. The van der Waals surface area contributed by atoms with Crippen molar-refractivity contribution >= 4 is 5.96 Å². The molecule has 1 rings (SSSR count). The fourth-order valence-electron chi connectivity index (χ4n) is 2.11. The summed E-state index contributed by atoms with van der Waals surface area (Å²) in [7, 11) is 1.72. The standard InChI is InChI=1S/C17H29N3O/c1-5-7-11-19-17(18-6-2)20-12-10-15-13-14(3)8-9-16(15)21-4/h8-9,13H,5-7,10-12H2,1-4H3,(H2,18,19,20). The first-order valence-electron chi connectivity index (χ1n) is 7.87. The molecule has 0 unspecified atom stereocenters. The van der Waals surface area contributed by atoms with Gasteiger partial charge in [-0.05, 0) is 38.3 Å². The maximum absolute atomic E-state index is 5.41. The highest BCUT2D eigenvalue weighted by molar-refractivity contribution is 5.79. The Morgan fingerprint density at radius 2 is 2.05 bits per heavy atom. The molecule has 0 atom stereocenters. The van der Waals surface area contributed by atoms with Gasteiger partial charge in [0, 0.05) is 19.6 Å². The summed E-state index contributed by atoms with van der Waals surface area (Å²) < 4.78 is 5.41. The topological polar surface area (TPSA) is 45.7 Å². The molecule has 1 aromatic rings. The normalized spacial score (nSPS) is 11.3. The largest absolute Gasteiger partial charge is 0.496 e. The lowest BCUT2D eigenvalue weighted by Crippen LogP contribution is -2.38. The van der Waals surface area contributed by atoms with Gasteiger partial charge in [-0.3, -0.25) is 4.99 Å². The van der Waals surface area contributed by atoms with Crippen LogP contribution in [0.15, 0.2) is 23.2 Å². The second-order valence-electron chi connectivity index (χ2n) is 5.11. The Hall–Kier alpha value is -1.71. The summed E-state index contributed by atoms with van der Waals surface area (Å²) in [5.41, 5.74) is 2.49. The number of ether oxygens (including phenoxy) is 1. The fourth-order valence-corrected chi connectivity index (χ4v) is 2.11. The van der Waals surface area contributed by atoms with Gasteiger partial charge in [0.05, 0.1) is 7.11 Å². The van der Waals surface area contributed by atoms with Crippen molar-refractivity contribution in [3.63, 3.8) is 0 Å². The van der Waals surface area contributed by atoms with Crippen LogP contribution in [0.4, 0.5) is 0 Å². The number of benzene rings is 1. The number of hydrogen-bond donors (Lipinski definition) is 2. The van der Waals surface area contributed by atoms with Crippen LogP contribution in [0.25, 0.3) is 0 Å². The Morgan fingerprint density at radius 3 is 2.71 bits per heavy atom. The molecule has 2 N–H and O–H groups in total. The van der Waals surface area contributed by atoms with Crippen LogP contribution in [0, 0.1) is 6.92 Å². The van der Waals surface area contributed by atoms with E-state index in [0.29, 0.717) is 0 Å². The summed E-state index contributed by atoms with van der Waals surface area (Å²) in [5.74, 6) is 1.85. The van der Waals surface area contributed by atoms with Gasteiger partial charge in [-0.15, -0.1) is 0 Å². The molecule has 0 heterocycles. The summed E-state index contributed by atoms with van der Waals surface area (Å²) in [6, 6.07) is 6.29. The Bertz CT molecular complexity index is 444. The van der Waals surface area contributed by atoms with Crippen LogP contribution in [0.3, 0.4) is 0 Å². The second-order valence-corrected chi connectivity index (χ2v) is 5.11. The third-order valence-electron chi connectivity index (χ3n) is 3.25. The third-order valence-corrected chi connectivity index (χ3v) is 3.25. The first kappa shape index (κ1) is 17.3. The molecule has 0 saturated carbocycles. The van der Waals surface area contributed by atoms with Crippen LogP contribution >= 0.6 is 0 Å². The van der Waals surface area contributed by atoms with Crippen LogP contribution < -0.4 is 15.4 Å². The number of methoxy groups -OCH3 is 1. The first-order chi connectivity index (χ1) is 10.2. The summed E-state index contributed by atoms with van der Waals surface area (Å²) in [6.07, 6.45) is 3.22. The number of nitrogens with zero attached hydrogens (tertiary/aromatic N) is 1. The number of rotatable bonds is 8. The van der Waals surface area contributed by atoms with E-state index in [1.807, 2.05) is 6.07 Å². The lowest BCUT2D eigenvalue weighted by atomic mass is 10.1. The second kappa shape index (κ2) is 10.1. The number of guanidine groups is 1. The number of nitrogens with one attached hydrogen (secondary N) is 2. The van der Waals surface area contributed by atoms with Crippen molar-refractivity contribution in [2.24, 2.45) is 4.99 Å². The Labute approximate surface area is 129 Å². The molecule has 1 aromatic carbocycles. The van der Waals surface area contributed by atoms with Gasteiger partial charge in [0.2, 0.25) is 0 Å². The van der Waals surface area contributed by atoms with Crippen molar-refractivity contribution < 1.29 is 4.74 Å². The molecule has 0 fully saturated rings. The molecular formula is C17H29N3O. The van der Waals surface area contributed by atoms with Crippen LogP contribution in [0.5, 0.6) is 5.75 Å². The molecule has 21 heavy (non-hydrogen) atoms. The summed E-state index contributed by atoms with van der Waals surface area (Å²) >= 11 is 0. The quantitative estimate of drug-likeness (QED) is 0.440. The minimum absolute atomic E-state index is 0.845. The molecule has 0 aliphatic carbocycles. The van der Waals surface area contributed by atoms with E-state index in [9.17, 15) is 0 Å². The smallest absolute Gasteiger partial charge is 0.191 e. The molecule has 4 nitrogen and oxygen atoms in total. The van der Waals surface area contributed by atoms with E-state index < -0.39 is 0 Å². The molecule has 4 heteroatoms. The van der Waals surface area contributed by atoms with Crippen molar-refractivity contribution in [2.45, 2.75) is 40.0 Å². The molecular weight excluding hydrogens is 262 g/mol. The van der Waals surface area contributed by atoms with Crippen molar-refractivity contribution in [1.82, 2.24) is 10.6 Å². The number of hydrogen-bond acceptors (Lipinski definition) is 2. The van der Waals surface area contributed by atoms with Crippen LogP contribution in [0.1, 0.15) is 37.8 Å². The number of unbranched alkanes of at least 4 members (excludes halogenated alkanes) is 1. The lowest BCUT2D eigenvalue weighted by molar-refractivity contribution is 0.409. The zero-order chi connectivity index (χ0) is 15.5. The van der Waals surface area contributed by atoms with E-state index in [1.165, 1.54) is 17.5 Å². The summed E-state index contributed by atoms with van der Waals surface area (Å²) in [6.45, 7) is 8.97. The maximum Gasteiger partial charge on any atom is 0.191 e. The molecule has 0 aliphatic heterocycles. The van der Waals surface area contributed by atoms with Crippen LogP contribution in [0.2, 0.25) is 0 Å². The molecule has 0 amide bonds. The highest BCUT2D eigenvalue weighted by Crippen LogP contribution is 2.19. The monoisotopic (exact) mass is 291 g/mol. The Kier molecular flexibility index (Phi) is 8.32.